The van der Waals surface area contributed by atoms with Crippen LogP contribution in [0.2, 0.25) is 0 Å². The molecule has 0 fully saturated rings. The van der Waals surface area contributed by atoms with Crippen LogP contribution < -0.4 is 4.74 Å². The normalized spacial score (nSPS) is 10.3. The number of hydrogen-bond donors (Lipinski definition) is 1. The van der Waals surface area contributed by atoms with E-state index in [0.717, 1.165) is 0 Å². The van der Waals surface area contributed by atoms with Gasteiger partial charge in [0.05, 0.1) is 6.42 Å². The second kappa shape index (κ2) is 5.31. The molecule has 1 N–H and O–H groups in total. The fourth-order valence-corrected chi connectivity index (χ4v) is 1.49. The van der Waals surface area contributed by atoms with E-state index in [1.807, 2.05) is 0 Å². The molecule has 0 bridgehead atoms. The van der Waals surface area contributed by atoms with Crippen molar-refractivity contribution in [1.82, 2.24) is 10.2 Å². The fourth-order valence-electron chi connectivity index (χ4n) is 1.49. The molecule has 0 spiro atoms. The molecule has 94 valence electrons. The van der Waals surface area contributed by atoms with Crippen molar-refractivity contribution in [3.8, 4) is 5.75 Å². The summed E-state index contributed by atoms with van der Waals surface area (Å²) in [6, 6.07) is 6.96. The highest BCUT2D eigenvalue weighted by molar-refractivity contribution is 5.71. The van der Waals surface area contributed by atoms with Gasteiger partial charge in [0, 0.05) is 12.5 Å². The van der Waals surface area contributed by atoms with Crippen molar-refractivity contribution in [2.45, 2.75) is 20.0 Å². The van der Waals surface area contributed by atoms with E-state index in [1.54, 1.807) is 31.2 Å². The highest BCUT2D eigenvalue weighted by atomic mass is 16.5. The Morgan fingerprint density at radius 3 is 2.83 bits per heavy atom. The van der Waals surface area contributed by atoms with Crippen LogP contribution in [0.3, 0.4) is 0 Å². The zero-order valence-electron chi connectivity index (χ0n) is 9.79. The number of para-hydroxylation sites is 1. The van der Waals surface area contributed by atoms with Crippen LogP contribution in [-0.2, 0) is 17.8 Å². The summed E-state index contributed by atoms with van der Waals surface area (Å²) in [6.07, 6.45) is -0.0843. The molecular weight excluding hydrogens is 236 g/mol. The Morgan fingerprint density at radius 2 is 2.17 bits per heavy atom. The van der Waals surface area contributed by atoms with Gasteiger partial charge in [0.15, 0.2) is 6.61 Å². The van der Waals surface area contributed by atoms with Crippen molar-refractivity contribution in [1.29, 1.82) is 0 Å². The number of carboxylic acid groups (broad SMARTS) is 1. The van der Waals surface area contributed by atoms with Crippen molar-refractivity contribution in [3.63, 3.8) is 0 Å². The van der Waals surface area contributed by atoms with Crippen LogP contribution in [0.5, 0.6) is 5.75 Å². The number of aromatic nitrogens is 2. The Kier molecular flexibility index (Phi) is 3.57. The average molecular weight is 248 g/mol. The van der Waals surface area contributed by atoms with Crippen LogP contribution in [0.15, 0.2) is 28.7 Å². The molecule has 1 heterocycles. The maximum Gasteiger partial charge on any atom is 0.307 e. The molecule has 0 amide bonds. The molecule has 0 saturated carbocycles. The van der Waals surface area contributed by atoms with Crippen LogP contribution in [0, 0.1) is 6.92 Å². The molecule has 2 rings (SSSR count). The fraction of sp³-hybridized carbons (Fsp3) is 0.250. The van der Waals surface area contributed by atoms with Crippen molar-refractivity contribution in [2.24, 2.45) is 0 Å². The minimum atomic E-state index is -0.903. The summed E-state index contributed by atoms with van der Waals surface area (Å²) in [4.78, 5) is 10.7. The highest BCUT2D eigenvalue weighted by Crippen LogP contribution is 2.19. The minimum Gasteiger partial charge on any atom is -0.484 e. The summed E-state index contributed by atoms with van der Waals surface area (Å²) in [5.41, 5.74) is 0.612. The van der Waals surface area contributed by atoms with E-state index in [4.69, 9.17) is 14.3 Å². The van der Waals surface area contributed by atoms with E-state index in [1.165, 1.54) is 0 Å². The number of carboxylic acids is 1. The Hall–Kier alpha value is -2.37. The average Bonchev–Trinajstić information content (AvgIpc) is 2.73. The molecule has 0 radical (unpaired) electrons. The Bertz CT molecular complexity index is 551. The molecule has 6 nitrogen and oxygen atoms in total. The lowest BCUT2D eigenvalue weighted by atomic mass is 10.1. The largest absolute Gasteiger partial charge is 0.484 e. The molecule has 0 aliphatic carbocycles. The number of ether oxygens (including phenoxy) is 1. The smallest absolute Gasteiger partial charge is 0.307 e. The molecule has 0 unspecified atom stereocenters. The summed E-state index contributed by atoms with van der Waals surface area (Å²) in [5.74, 6) is 0.431. The first kappa shape index (κ1) is 12.1. The summed E-state index contributed by atoms with van der Waals surface area (Å²) >= 11 is 0. The van der Waals surface area contributed by atoms with Gasteiger partial charge in [-0.1, -0.05) is 18.2 Å². The first-order chi connectivity index (χ1) is 8.65. The van der Waals surface area contributed by atoms with E-state index in [9.17, 15) is 4.79 Å². The second-order valence-electron chi connectivity index (χ2n) is 3.68. The zero-order valence-corrected chi connectivity index (χ0v) is 9.79. The monoisotopic (exact) mass is 248 g/mol. The van der Waals surface area contributed by atoms with Gasteiger partial charge >= 0.3 is 5.97 Å². The lowest BCUT2D eigenvalue weighted by Gasteiger charge is -2.07. The topological polar surface area (TPSA) is 85.5 Å². The number of aryl methyl sites for hydroxylation is 1. The van der Waals surface area contributed by atoms with Gasteiger partial charge in [-0.15, -0.1) is 10.2 Å². The number of nitrogens with zero attached hydrogens (tertiary/aromatic N) is 2. The lowest BCUT2D eigenvalue weighted by Crippen LogP contribution is -2.04. The van der Waals surface area contributed by atoms with Gasteiger partial charge in [-0.25, -0.2) is 0 Å². The molecule has 6 heteroatoms. The van der Waals surface area contributed by atoms with Gasteiger partial charge in [0.1, 0.15) is 5.75 Å². The number of benzene rings is 1. The molecule has 1 aromatic heterocycles. The third-order valence-corrected chi connectivity index (χ3v) is 2.23. The van der Waals surface area contributed by atoms with Gasteiger partial charge in [-0.3, -0.25) is 4.79 Å². The number of aliphatic carboxylic acids is 1. The quantitative estimate of drug-likeness (QED) is 0.864. The number of carbonyl (C=O) groups is 1. The van der Waals surface area contributed by atoms with Gasteiger partial charge in [-0.2, -0.15) is 0 Å². The molecule has 18 heavy (non-hydrogen) atoms. The molecule has 0 atom stereocenters. The van der Waals surface area contributed by atoms with E-state index >= 15 is 0 Å². The highest BCUT2D eigenvalue weighted by Gasteiger charge is 2.09. The van der Waals surface area contributed by atoms with Crippen LogP contribution in [-0.4, -0.2) is 21.3 Å². The van der Waals surface area contributed by atoms with Crippen LogP contribution in [0.25, 0.3) is 0 Å². The summed E-state index contributed by atoms with van der Waals surface area (Å²) in [6.45, 7) is 1.81. The predicted octanol–water partition coefficient (Wildman–Crippen LogP) is 1.58. The van der Waals surface area contributed by atoms with Gasteiger partial charge in [-0.05, 0) is 6.07 Å². The maximum absolute atomic E-state index is 10.7. The van der Waals surface area contributed by atoms with Gasteiger partial charge in [0.2, 0.25) is 5.89 Å². The Balaban J connectivity index is 2.06. The zero-order chi connectivity index (χ0) is 13.0. The molecule has 0 aliphatic rings. The SMILES string of the molecule is Cc1nnc(COc2ccccc2CC(=O)O)o1. The summed E-state index contributed by atoms with van der Waals surface area (Å²) in [5, 5.41) is 16.3. The third kappa shape index (κ3) is 3.07. The lowest BCUT2D eigenvalue weighted by molar-refractivity contribution is -0.136. The van der Waals surface area contributed by atoms with Crippen LogP contribution >= 0.6 is 0 Å². The third-order valence-electron chi connectivity index (χ3n) is 2.23. The van der Waals surface area contributed by atoms with Crippen LogP contribution in [0.4, 0.5) is 0 Å². The summed E-state index contributed by atoms with van der Waals surface area (Å²) < 4.78 is 10.6. The summed E-state index contributed by atoms with van der Waals surface area (Å²) in [7, 11) is 0. The van der Waals surface area contributed by atoms with Crippen molar-refractivity contribution in [3.05, 3.63) is 41.6 Å². The Morgan fingerprint density at radius 1 is 1.39 bits per heavy atom. The van der Waals surface area contributed by atoms with Gasteiger partial charge < -0.3 is 14.3 Å². The molecule has 0 aliphatic heterocycles. The first-order valence-corrected chi connectivity index (χ1v) is 5.36. The molecule has 0 saturated heterocycles. The molecule has 2 aromatic rings. The Labute approximate surface area is 103 Å². The standard InChI is InChI=1S/C12H12N2O4/c1-8-13-14-11(18-8)7-17-10-5-3-2-4-9(10)6-12(15)16/h2-5H,6-7H2,1H3,(H,15,16). The van der Waals surface area contributed by atoms with E-state index < -0.39 is 5.97 Å². The second-order valence-corrected chi connectivity index (χ2v) is 3.68. The van der Waals surface area contributed by atoms with Crippen molar-refractivity contribution >= 4 is 5.97 Å². The van der Waals surface area contributed by atoms with Gasteiger partial charge in [0.25, 0.3) is 5.89 Å². The first-order valence-electron chi connectivity index (χ1n) is 5.36. The van der Waals surface area contributed by atoms with Crippen molar-refractivity contribution in [2.75, 3.05) is 0 Å². The number of rotatable bonds is 5. The number of hydrogen-bond acceptors (Lipinski definition) is 5. The minimum absolute atomic E-state index is 0.0843. The van der Waals surface area contributed by atoms with Crippen molar-refractivity contribution < 1.29 is 19.1 Å². The van der Waals surface area contributed by atoms with E-state index in [0.29, 0.717) is 23.1 Å². The van der Waals surface area contributed by atoms with E-state index in [2.05, 4.69) is 10.2 Å². The van der Waals surface area contributed by atoms with E-state index in [-0.39, 0.29) is 13.0 Å². The molecular formula is C12H12N2O4. The maximum atomic E-state index is 10.7. The molecule has 1 aromatic carbocycles. The van der Waals surface area contributed by atoms with Crippen LogP contribution in [0.1, 0.15) is 17.3 Å². The predicted molar refractivity (Wildman–Crippen MR) is 61.1 cm³/mol.